The lowest BCUT2D eigenvalue weighted by atomic mass is 10.1. The van der Waals surface area contributed by atoms with Gasteiger partial charge in [0.2, 0.25) is 5.96 Å². The Balaban J connectivity index is 2.24. The van der Waals surface area contributed by atoms with Crippen molar-refractivity contribution in [2.45, 2.75) is 19.8 Å². The summed E-state index contributed by atoms with van der Waals surface area (Å²) in [5.41, 5.74) is 2.49. The van der Waals surface area contributed by atoms with Crippen LogP contribution in [0.1, 0.15) is 19.8 Å². The van der Waals surface area contributed by atoms with Gasteiger partial charge >= 0.3 is 0 Å². The van der Waals surface area contributed by atoms with Crippen LogP contribution < -0.4 is 16.6 Å². The molecule has 1 unspecified atom stereocenters. The maximum Gasteiger partial charge on any atom is 0.205 e. The Labute approximate surface area is 114 Å². The zero-order valence-corrected chi connectivity index (χ0v) is 12.2. The van der Waals surface area contributed by atoms with Crippen LogP contribution in [0.4, 0.5) is 0 Å². The Morgan fingerprint density at radius 1 is 1.53 bits per heavy atom. The van der Waals surface area contributed by atoms with E-state index in [4.69, 9.17) is 10.6 Å². The van der Waals surface area contributed by atoms with Crippen LogP contribution in [-0.4, -0.2) is 52.2 Å². The van der Waals surface area contributed by atoms with Gasteiger partial charge in [0.15, 0.2) is 9.84 Å². The van der Waals surface area contributed by atoms with Crippen molar-refractivity contribution in [1.29, 1.82) is 0 Å². The molecule has 7 nitrogen and oxygen atoms in total. The van der Waals surface area contributed by atoms with Gasteiger partial charge in [0, 0.05) is 26.3 Å². The number of nitrogens with zero attached hydrogens (tertiary/aromatic N) is 1. The van der Waals surface area contributed by atoms with Gasteiger partial charge in [0.25, 0.3) is 0 Å². The van der Waals surface area contributed by atoms with Crippen molar-refractivity contribution in [2.24, 2.45) is 16.8 Å². The molecule has 1 aliphatic rings. The number of nitrogens with one attached hydrogen (secondary N) is 2. The van der Waals surface area contributed by atoms with Gasteiger partial charge in [-0.05, 0) is 25.7 Å². The molecule has 1 heterocycles. The summed E-state index contributed by atoms with van der Waals surface area (Å²) in [7, 11) is -2.84. The summed E-state index contributed by atoms with van der Waals surface area (Å²) in [5.74, 6) is 6.48. The molecule has 4 N–H and O–H groups in total. The Bertz CT molecular complexity index is 383. The van der Waals surface area contributed by atoms with E-state index in [2.05, 4.69) is 15.7 Å². The molecule has 1 rings (SSSR count). The molecular weight excluding hydrogens is 268 g/mol. The van der Waals surface area contributed by atoms with Gasteiger partial charge in [0.05, 0.1) is 11.5 Å². The molecule has 0 aromatic rings. The summed E-state index contributed by atoms with van der Waals surface area (Å²) in [6, 6.07) is 0. The Kier molecular flexibility index (Phi) is 7.11. The van der Waals surface area contributed by atoms with Gasteiger partial charge in [-0.1, -0.05) is 0 Å². The van der Waals surface area contributed by atoms with E-state index in [1.54, 1.807) is 0 Å². The van der Waals surface area contributed by atoms with Crippen LogP contribution in [0.3, 0.4) is 0 Å². The molecule has 1 atom stereocenters. The lowest BCUT2D eigenvalue weighted by Crippen LogP contribution is -2.42. The number of aliphatic imine (C=N–C) groups is 1. The molecule has 1 saturated heterocycles. The molecule has 112 valence electrons. The molecule has 0 aromatic carbocycles. The van der Waals surface area contributed by atoms with Crippen LogP contribution in [-0.2, 0) is 14.6 Å². The van der Waals surface area contributed by atoms with E-state index >= 15 is 0 Å². The number of hydrogen-bond acceptors (Lipinski definition) is 5. The molecular formula is C11H24N4O3S. The molecule has 19 heavy (non-hydrogen) atoms. The van der Waals surface area contributed by atoms with Crippen molar-refractivity contribution < 1.29 is 13.2 Å². The second-order valence-corrected chi connectivity index (χ2v) is 6.81. The highest BCUT2D eigenvalue weighted by atomic mass is 32.2. The highest BCUT2D eigenvalue weighted by Crippen LogP contribution is 2.18. The van der Waals surface area contributed by atoms with E-state index in [9.17, 15) is 8.42 Å². The van der Waals surface area contributed by atoms with Gasteiger partial charge in [0.1, 0.15) is 0 Å². The lowest BCUT2D eigenvalue weighted by Gasteiger charge is -2.10. The molecule has 1 fully saturated rings. The van der Waals surface area contributed by atoms with Crippen LogP contribution in [0.15, 0.2) is 4.99 Å². The molecule has 0 saturated carbocycles. The Morgan fingerprint density at radius 2 is 2.32 bits per heavy atom. The molecule has 8 heteroatoms. The third kappa shape index (κ3) is 6.74. The zero-order valence-electron chi connectivity index (χ0n) is 11.4. The summed E-state index contributed by atoms with van der Waals surface area (Å²) in [4.78, 5) is 4.27. The number of sulfone groups is 1. The van der Waals surface area contributed by atoms with E-state index in [0.29, 0.717) is 38.7 Å². The first kappa shape index (κ1) is 16.2. The standard InChI is InChI=1S/C11H24N4O3S/c1-2-18-6-3-5-13-11(15-12)14-8-10-4-7-19(16,17)9-10/h10H,2-9,12H2,1H3,(H2,13,14,15). The molecule has 0 aliphatic carbocycles. The largest absolute Gasteiger partial charge is 0.382 e. The highest BCUT2D eigenvalue weighted by molar-refractivity contribution is 7.91. The van der Waals surface area contributed by atoms with E-state index in [1.165, 1.54) is 0 Å². The smallest absolute Gasteiger partial charge is 0.205 e. The van der Waals surface area contributed by atoms with Gasteiger partial charge in [-0.25, -0.2) is 14.3 Å². The summed E-state index contributed by atoms with van der Waals surface area (Å²) in [5, 5.41) is 3.06. The second kappa shape index (κ2) is 8.34. The third-order valence-corrected chi connectivity index (χ3v) is 4.77. The van der Waals surface area contributed by atoms with E-state index in [-0.39, 0.29) is 17.4 Å². The fraction of sp³-hybridized carbons (Fsp3) is 0.909. The summed E-state index contributed by atoms with van der Waals surface area (Å²) in [6.45, 7) is 4.56. The maximum atomic E-state index is 11.3. The number of ether oxygens (including phenoxy) is 1. The van der Waals surface area contributed by atoms with E-state index in [1.807, 2.05) is 6.92 Å². The first-order valence-corrected chi connectivity index (χ1v) is 8.42. The molecule has 0 bridgehead atoms. The first-order chi connectivity index (χ1) is 9.07. The number of hydrazine groups is 1. The summed E-state index contributed by atoms with van der Waals surface area (Å²) < 4.78 is 27.8. The first-order valence-electron chi connectivity index (χ1n) is 6.60. The van der Waals surface area contributed by atoms with Gasteiger partial charge in [-0.3, -0.25) is 10.4 Å². The van der Waals surface area contributed by atoms with Crippen LogP contribution in [0.25, 0.3) is 0 Å². The lowest BCUT2D eigenvalue weighted by molar-refractivity contribution is 0.145. The minimum absolute atomic E-state index is 0.110. The van der Waals surface area contributed by atoms with Crippen molar-refractivity contribution in [3.8, 4) is 0 Å². The predicted octanol–water partition coefficient (Wildman–Crippen LogP) is -0.743. The van der Waals surface area contributed by atoms with E-state index in [0.717, 1.165) is 6.42 Å². The van der Waals surface area contributed by atoms with Crippen molar-refractivity contribution in [3.63, 3.8) is 0 Å². The SMILES string of the molecule is CCOCCCNC(=NCC1CCS(=O)(=O)C1)NN. The normalized spacial score (nSPS) is 22.4. The fourth-order valence-corrected chi connectivity index (χ4v) is 3.76. The Morgan fingerprint density at radius 3 is 2.89 bits per heavy atom. The summed E-state index contributed by atoms with van der Waals surface area (Å²) >= 11 is 0. The van der Waals surface area contributed by atoms with Gasteiger partial charge < -0.3 is 10.1 Å². The van der Waals surface area contributed by atoms with Crippen molar-refractivity contribution in [2.75, 3.05) is 37.8 Å². The molecule has 0 amide bonds. The molecule has 1 aliphatic heterocycles. The molecule has 0 aromatic heterocycles. The van der Waals surface area contributed by atoms with Crippen LogP contribution in [0.2, 0.25) is 0 Å². The van der Waals surface area contributed by atoms with Gasteiger partial charge in [-0.2, -0.15) is 0 Å². The third-order valence-electron chi connectivity index (χ3n) is 2.93. The van der Waals surface area contributed by atoms with Crippen LogP contribution in [0.5, 0.6) is 0 Å². The number of nitrogens with two attached hydrogens (primary N) is 1. The van der Waals surface area contributed by atoms with Crippen LogP contribution in [0, 0.1) is 5.92 Å². The quantitative estimate of drug-likeness (QED) is 0.188. The average Bonchev–Trinajstić information content (AvgIpc) is 2.72. The van der Waals surface area contributed by atoms with E-state index < -0.39 is 9.84 Å². The zero-order chi connectivity index (χ0) is 14.1. The average molecular weight is 292 g/mol. The Hall–Kier alpha value is -0.860. The second-order valence-electron chi connectivity index (χ2n) is 4.58. The fourth-order valence-electron chi connectivity index (χ4n) is 1.91. The minimum Gasteiger partial charge on any atom is -0.382 e. The number of guanidine groups is 1. The van der Waals surface area contributed by atoms with Crippen molar-refractivity contribution >= 4 is 15.8 Å². The topological polar surface area (TPSA) is 106 Å². The van der Waals surface area contributed by atoms with Crippen LogP contribution >= 0.6 is 0 Å². The van der Waals surface area contributed by atoms with Crippen molar-refractivity contribution in [1.82, 2.24) is 10.7 Å². The highest BCUT2D eigenvalue weighted by Gasteiger charge is 2.27. The monoisotopic (exact) mass is 292 g/mol. The van der Waals surface area contributed by atoms with Gasteiger partial charge in [-0.15, -0.1) is 0 Å². The van der Waals surface area contributed by atoms with Crippen molar-refractivity contribution in [3.05, 3.63) is 0 Å². The summed E-state index contributed by atoms with van der Waals surface area (Å²) in [6.07, 6.45) is 1.56. The maximum absolute atomic E-state index is 11.3. The molecule has 0 radical (unpaired) electrons. The minimum atomic E-state index is -2.84. The predicted molar refractivity (Wildman–Crippen MR) is 75.5 cm³/mol. The number of rotatable bonds is 7. The molecule has 0 spiro atoms. The number of hydrogen-bond donors (Lipinski definition) is 3.